The quantitative estimate of drug-likeness (QED) is 0.905. The highest BCUT2D eigenvalue weighted by molar-refractivity contribution is 6.36. The highest BCUT2D eigenvalue weighted by atomic mass is 35.5. The molecule has 21 heavy (non-hydrogen) atoms. The predicted octanol–water partition coefficient (Wildman–Crippen LogP) is 3.54. The van der Waals surface area contributed by atoms with E-state index in [4.69, 9.17) is 28.9 Å². The van der Waals surface area contributed by atoms with Gasteiger partial charge in [-0.25, -0.2) is 0 Å². The van der Waals surface area contributed by atoms with E-state index in [-0.39, 0.29) is 30.8 Å². The molecule has 6 heteroatoms. The van der Waals surface area contributed by atoms with E-state index in [1.165, 1.54) is 0 Å². The van der Waals surface area contributed by atoms with Crippen LogP contribution in [0.5, 0.6) is 0 Å². The van der Waals surface area contributed by atoms with Gasteiger partial charge in [-0.15, -0.1) is 12.4 Å². The number of amides is 1. The molecule has 0 spiro atoms. The summed E-state index contributed by atoms with van der Waals surface area (Å²) in [5, 5.41) is 1.08. The van der Waals surface area contributed by atoms with Crippen molar-refractivity contribution in [2.45, 2.75) is 32.2 Å². The molecule has 0 saturated carbocycles. The maximum atomic E-state index is 12.5. The summed E-state index contributed by atoms with van der Waals surface area (Å²) in [5.74, 6) is 0.679. The summed E-state index contributed by atoms with van der Waals surface area (Å²) in [4.78, 5) is 14.4. The van der Waals surface area contributed by atoms with Crippen molar-refractivity contribution in [3.05, 3.63) is 33.8 Å². The molecular weight excluding hydrogens is 331 g/mol. The molecule has 2 N–H and O–H groups in total. The molecule has 2 unspecified atom stereocenters. The zero-order valence-electron chi connectivity index (χ0n) is 12.0. The van der Waals surface area contributed by atoms with E-state index in [1.807, 2.05) is 4.90 Å². The second-order valence-electron chi connectivity index (χ2n) is 5.48. The average Bonchev–Trinajstić information content (AvgIpc) is 2.42. The summed E-state index contributed by atoms with van der Waals surface area (Å²) in [6, 6.07) is 5.43. The Labute approximate surface area is 142 Å². The molecule has 0 aromatic heterocycles. The number of carbonyl (C=O) groups excluding carboxylic acids is 1. The van der Waals surface area contributed by atoms with Gasteiger partial charge in [-0.3, -0.25) is 4.79 Å². The van der Waals surface area contributed by atoms with Crippen molar-refractivity contribution in [2.75, 3.05) is 13.1 Å². The summed E-state index contributed by atoms with van der Waals surface area (Å²) in [6.07, 6.45) is 2.24. The van der Waals surface area contributed by atoms with E-state index in [0.717, 1.165) is 19.4 Å². The fourth-order valence-electron chi connectivity index (χ4n) is 2.76. The number of carbonyl (C=O) groups is 1. The van der Waals surface area contributed by atoms with Gasteiger partial charge in [0, 0.05) is 29.2 Å². The molecule has 1 heterocycles. The van der Waals surface area contributed by atoms with E-state index >= 15 is 0 Å². The van der Waals surface area contributed by atoms with Crippen molar-refractivity contribution in [3.63, 3.8) is 0 Å². The molecule has 1 aromatic rings. The first-order valence-corrected chi connectivity index (χ1v) is 7.71. The van der Waals surface area contributed by atoms with Crippen LogP contribution in [0.15, 0.2) is 18.2 Å². The lowest BCUT2D eigenvalue weighted by molar-refractivity contribution is -0.134. The summed E-state index contributed by atoms with van der Waals surface area (Å²) in [5.41, 5.74) is 6.50. The van der Waals surface area contributed by atoms with Gasteiger partial charge in [-0.2, -0.15) is 0 Å². The van der Waals surface area contributed by atoms with Gasteiger partial charge in [-0.05, 0) is 36.5 Å². The Balaban J connectivity index is 0.00000220. The van der Waals surface area contributed by atoms with Gasteiger partial charge in [0.05, 0.1) is 6.42 Å². The molecule has 1 saturated heterocycles. The molecule has 0 bridgehead atoms. The number of nitrogens with two attached hydrogens (primary N) is 1. The Morgan fingerprint density at radius 1 is 1.38 bits per heavy atom. The van der Waals surface area contributed by atoms with E-state index in [1.54, 1.807) is 18.2 Å². The second-order valence-corrected chi connectivity index (χ2v) is 6.30. The zero-order valence-corrected chi connectivity index (χ0v) is 14.3. The predicted molar refractivity (Wildman–Crippen MR) is 90.4 cm³/mol. The Kier molecular flexibility index (Phi) is 7.28. The van der Waals surface area contributed by atoms with Crippen molar-refractivity contribution in [1.82, 2.24) is 4.90 Å². The largest absolute Gasteiger partial charge is 0.338 e. The van der Waals surface area contributed by atoms with Crippen LogP contribution in [0.25, 0.3) is 0 Å². The number of halogens is 3. The number of hydrogen-bond acceptors (Lipinski definition) is 2. The summed E-state index contributed by atoms with van der Waals surface area (Å²) in [7, 11) is 0. The van der Waals surface area contributed by atoms with E-state index < -0.39 is 0 Å². The van der Waals surface area contributed by atoms with E-state index in [2.05, 4.69) is 6.92 Å². The topological polar surface area (TPSA) is 46.3 Å². The summed E-state index contributed by atoms with van der Waals surface area (Å²) >= 11 is 12.3. The van der Waals surface area contributed by atoms with Gasteiger partial charge < -0.3 is 10.6 Å². The maximum absolute atomic E-state index is 12.5. The minimum Gasteiger partial charge on any atom is -0.338 e. The van der Waals surface area contributed by atoms with Crippen LogP contribution in [0.4, 0.5) is 0 Å². The van der Waals surface area contributed by atoms with Crippen molar-refractivity contribution < 1.29 is 4.79 Å². The number of likely N-dealkylation sites (tertiary alicyclic amines) is 1. The third-order valence-corrected chi connectivity index (χ3v) is 4.67. The number of rotatable bonds is 3. The first-order valence-electron chi connectivity index (χ1n) is 6.95. The summed E-state index contributed by atoms with van der Waals surface area (Å²) in [6.45, 7) is 3.48. The molecule has 1 aromatic carbocycles. The molecule has 0 radical (unpaired) electrons. The zero-order chi connectivity index (χ0) is 14.7. The Morgan fingerprint density at radius 3 is 2.57 bits per heavy atom. The summed E-state index contributed by atoms with van der Waals surface area (Å²) < 4.78 is 0. The van der Waals surface area contributed by atoms with E-state index in [9.17, 15) is 4.79 Å². The van der Waals surface area contributed by atoms with Gasteiger partial charge >= 0.3 is 0 Å². The van der Waals surface area contributed by atoms with Crippen molar-refractivity contribution in [1.29, 1.82) is 0 Å². The third-order valence-electron chi connectivity index (χ3n) is 3.96. The van der Waals surface area contributed by atoms with Crippen molar-refractivity contribution in [3.8, 4) is 0 Å². The molecule has 1 amide bonds. The Bertz CT molecular complexity index is 476. The molecule has 3 nitrogen and oxygen atoms in total. The lowest BCUT2D eigenvalue weighted by Crippen LogP contribution is -2.49. The number of hydrogen-bond donors (Lipinski definition) is 1. The minimum atomic E-state index is 0. The molecule has 1 aliphatic rings. The van der Waals surface area contributed by atoms with Crippen molar-refractivity contribution >= 4 is 41.5 Å². The molecule has 118 valence electrons. The molecule has 1 aliphatic heterocycles. The first kappa shape index (κ1) is 18.6. The fourth-order valence-corrected chi connectivity index (χ4v) is 3.29. The van der Waals surface area contributed by atoms with Gasteiger partial charge in [0.2, 0.25) is 5.91 Å². The monoisotopic (exact) mass is 350 g/mol. The van der Waals surface area contributed by atoms with Gasteiger partial charge in [-0.1, -0.05) is 36.2 Å². The second kappa shape index (κ2) is 8.23. The Hall–Kier alpha value is -0.480. The molecule has 0 aliphatic carbocycles. The lowest BCUT2D eigenvalue weighted by atomic mass is 9.92. The number of nitrogens with zero attached hydrogens (tertiary/aromatic N) is 1. The third kappa shape index (κ3) is 4.49. The highest BCUT2D eigenvalue weighted by Gasteiger charge is 2.29. The van der Waals surface area contributed by atoms with Crippen LogP contribution >= 0.6 is 35.6 Å². The molecule has 2 rings (SSSR count). The maximum Gasteiger partial charge on any atom is 0.227 e. The van der Waals surface area contributed by atoms with Crippen LogP contribution in [0.1, 0.15) is 25.3 Å². The van der Waals surface area contributed by atoms with Gasteiger partial charge in [0.15, 0.2) is 0 Å². The van der Waals surface area contributed by atoms with E-state index in [0.29, 0.717) is 28.1 Å². The lowest BCUT2D eigenvalue weighted by Gasteiger charge is -2.38. The molecular formula is C15H21Cl3N2O. The standard InChI is InChI=1S/C15H20Cl2N2O.ClH/c1-10-5-6-19(11(7-10)9-18)15(20)8-12-13(16)3-2-4-14(12)17;/h2-4,10-11H,5-9,18H2,1H3;1H. The number of benzene rings is 1. The fraction of sp³-hybridized carbons (Fsp3) is 0.533. The smallest absolute Gasteiger partial charge is 0.227 e. The molecule has 1 fully saturated rings. The van der Waals surface area contributed by atoms with Gasteiger partial charge in [0.25, 0.3) is 0 Å². The van der Waals surface area contributed by atoms with Crippen LogP contribution in [0.2, 0.25) is 10.0 Å². The SMILES string of the molecule is CC1CCN(C(=O)Cc2c(Cl)cccc2Cl)C(CN)C1.Cl. The average molecular weight is 352 g/mol. The van der Waals surface area contributed by atoms with Crippen LogP contribution in [0, 0.1) is 5.92 Å². The van der Waals surface area contributed by atoms with Crippen LogP contribution in [-0.2, 0) is 11.2 Å². The van der Waals surface area contributed by atoms with Gasteiger partial charge in [0.1, 0.15) is 0 Å². The molecule has 2 atom stereocenters. The highest BCUT2D eigenvalue weighted by Crippen LogP contribution is 2.27. The first-order chi connectivity index (χ1) is 9.52. The Morgan fingerprint density at radius 2 is 2.00 bits per heavy atom. The van der Waals surface area contributed by atoms with Crippen LogP contribution in [0.3, 0.4) is 0 Å². The van der Waals surface area contributed by atoms with Crippen molar-refractivity contribution in [2.24, 2.45) is 11.7 Å². The van der Waals surface area contributed by atoms with Crippen LogP contribution in [-0.4, -0.2) is 29.9 Å². The normalized spacial score (nSPS) is 21.8. The minimum absolute atomic E-state index is 0. The number of piperidine rings is 1. The van der Waals surface area contributed by atoms with Crippen LogP contribution < -0.4 is 5.73 Å².